The van der Waals surface area contributed by atoms with Crippen LogP contribution in [-0.2, 0) is 4.79 Å². The van der Waals surface area contributed by atoms with Crippen LogP contribution in [0.25, 0.3) is 0 Å². The molecule has 4 nitrogen and oxygen atoms in total. The van der Waals surface area contributed by atoms with Crippen LogP contribution in [0.5, 0.6) is 0 Å². The van der Waals surface area contributed by atoms with Crippen molar-refractivity contribution in [1.82, 2.24) is 5.32 Å². The molecule has 0 saturated carbocycles. The standard InChI is InChI=1S/C22H22N2O2/c1-4-14-23-22(26)20(21(25)19-9-7-6-8-16(19)3)15-24-18-12-10-17(5-2)11-13-18/h2,6-13,15,24H,4,14H2,1,3H3,(H,23,26). The molecule has 26 heavy (non-hydrogen) atoms. The fourth-order valence-electron chi connectivity index (χ4n) is 2.36. The van der Waals surface area contributed by atoms with E-state index in [0.29, 0.717) is 12.1 Å². The largest absolute Gasteiger partial charge is 0.361 e. The first kappa shape index (κ1) is 19.0. The summed E-state index contributed by atoms with van der Waals surface area (Å²) in [5.41, 5.74) is 2.90. The SMILES string of the molecule is C#Cc1ccc(NC=C(C(=O)NCCC)C(=O)c2ccccc2C)cc1. The lowest BCUT2D eigenvalue weighted by atomic mass is 9.99. The normalized spacial score (nSPS) is 10.7. The fourth-order valence-corrected chi connectivity index (χ4v) is 2.36. The van der Waals surface area contributed by atoms with Crippen LogP contribution < -0.4 is 10.6 Å². The molecule has 1 amide bonds. The van der Waals surface area contributed by atoms with Gasteiger partial charge in [-0.25, -0.2) is 0 Å². The van der Waals surface area contributed by atoms with Crippen LogP contribution in [0.1, 0.15) is 34.8 Å². The van der Waals surface area contributed by atoms with Crippen molar-refractivity contribution in [2.45, 2.75) is 20.3 Å². The maximum Gasteiger partial charge on any atom is 0.256 e. The lowest BCUT2D eigenvalue weighted by molar-refractivity contribution is -0.117. The third-order valence-electron chi connectivity index (χ3n) is 3.85. The Morgan fingerprint density at radius 2 is 1.81 bits per heavy atom. The number of hydrogen-bond donors (Lipinski definition) is 2. The molecule has 2 rings (SSSR count). The number of anilines is 1. The van der Waals surface area contributed by atoms with Gasteiger partial charge < -0.3 is 10.6 Å². The van der Waals surface area contributed by atoms with Gasteiger partial charge in [-0.3, -0.25) is 9.59 Å². The highest BCUT2D eigenvalue weighted by Crippen LogP contribution is 2.15. The van der Waals surface area contributed by atoms with E-state index in [1.165, 1.54) is 6.20 Å². The average molecular weight is 346 g/mol. The molecule has 2 N–H and O–H groups in total. The summed E-state index contributed by atoms with van der Waals surface area (Å²) in [7, 11) is 0. The highest BCUT2D eigenvalue weighted by Gasteiger charge is 2.20. The number of aryl methyl sites for hydroxylation is 1. The van der Waals surface area contributed by atoms with Crippen molar-refractivity contribution in [1.29, 1.82) is 0 Å². The van der Waals surface area contributed by atoms with E-state index in [1.807, 2.05) is 26.0 Å². The van der Waals surface area contributed by atoms with Crippen LogP contribution >= 0.6 is 0 Å². The summed E-state index contributed by atoms with van der Waals surface area (Å²) in [6.45, 7) is 4.31. The molecule has 0 unspecified atom stereocenters. The van der Waals surface area contributed by atoms with E-state index < -0.39 is 5.91 Å². The Hall–Kier alpha value is -3.32. The van der Waals surface area contributed by atoms with Crippen molar-refractivity contribution in [3.8, 4) is 12.3 Å². The van der Waals surface area contributed by atoms with Gasteiger partial charge in [0.25, 0.3) is 5.91 Å². The number of Topliss-reactive ketones (excluding diaryl/α,β-unsaturated/α-hetero) is 1. The Morgan fingerprint density at radius 3 is 2.42 bits per heavy atom. The van der Waals surface area contributed by atoms with Crippen LogP contribution in [0, 0.1) is 19.3 Å². The van der Waals surface area contributed by atoms with Crippen molar-refractivity contribution in [3.63, 3.8) is 0 Å². The molecule has 0 bridgehead atoms. The fraction of sp³-hybridized carbons (Fsp3) is 0.182. The molecular formula is C22H22N2O2. The quantitative estimate of drug-likeness (QED) is 0.264. The minimum absolute atomic E-state index is 0.0637. The van der Waals surface area contributed by atoms with Gasteiger partial charge in [0.1, 0.15) is 5.57 Å². The number of benzene rings is 2. The van der Waals surface area contributed by atoms with E-state index in [1.54, 1.807) is 36.4 Å². The van der Waals surface area contributed by atoms with E-state index >= 15 is 0 Å². The van der Waals surface area contributed by atoms with E-state index in [-0.39, 0.29) is 11.4 Å². The molecule has 0 aliphatic carbocycles. The van der Waals surface area contributed by atoms with E-state index in [0.717, 1.165) is 23.2 Å². The second-order valence-electron chi connectivity index (χ2n) is 5.82. The Balaban J connectivity index is 2.30. The van der Waals surface area contributed by atoms with Crippen LogP contribution in [-0.4, -0.2) is 18.2 Å². The van der Waals surface area contributed by atoms with Gasteiger partial charge in [0.15, 0.2) is 5.78 Å². The van der Waals surface area contributed by atoms with Gasteiger partial charge >= 0.3 is 0 Å². The summed E-state index contributed by atoms with van der Waals surface area (Å²) < 4.78 is 0. The molecule has 132 valence electrons. The highest BCUT2D eigenvalue weighted by atomic mass is 16.2. The molecule has 0 heterocycles. The predicted octanol–water partition coefficient (Wildman–Crippen LogP) is 3.68. The second kappa shape index (κ2) is 9.24. The van der Waals surface area contributed by atoms with Gasteiger partial charge in [-0.1, -0.05) is 37.1 Å². The van der Waals surface area contributed by atoms with Crippen LogP contribution in [0.4, 0.5) is 5.69 Å². The lowest BCUT2D eigenvalue weighted by Gasteiger charge is -2.10. The van der Waals surface area contributed by atoms with Crippen LogP contribution in [0.3, 0.4) is 0 Å². The van der Waals surface area contributed by atoms with Crippen molar-refractivity contribution < 1.29 is 9.59 Å². The number of carbonyl (C=O) groups excluding carboxylic acids is 2. The topological polar surface area (TPSA) is 58.2 Å². The van der Waals surface area contributed by atoms with E-state index in [4.69, 9.17) is 6.42 Å². The summed E-state index contributed by atoms with van der Waals surface area (Å²) in [6.07, 6.45) is 7.59. The maximum absolute atomic E-state index is 12.9. The Morgan fingerprint density at radius 1 is 1.12 bits per heavy atom. The zero-order chi connectivity index (χ0) is 18.9. The van der Waals surface area contributed by atoms with Crippen molar-refractivity contribution in [3.05, 3.63) is 77.0 Å². The van der Waals surface area contributed by atoms with Crippen LogP contribution in [0.2, 0.25) is 0 Å². The average Bonchev–Trinajstić information content (AvgIpc) is 2.67. The number of nitrogens with one attached hydrogen (secondary N) is 2. The van der Waals surface area contributed by atoms with Gasteiger partial charge in [0.05, 0.1) is 0 Å². The molecule has 0 spiro atoms. The van der Waals surface area contributed by atoms with Gasteiger partial charge in [0.2, 0.25) is 0 Å². The number of amides is 1. The molecule has 0 aromatic heterocycles. The molecule has 0 radical (unpaired) electrons. The lowest BCUT2D eigenvalue weighted by Crippen LogP contribution is -2.30. The minimum atomic E-state index is -0.396. The summed E-state index contributed by atoms with van der Waals surface area (Å²) in [5.74, 6) is 1.83. The third-order valence-corrected chi connectivity index (χ3v) is 3.85. The molecule has 0 aliphatic heterocycles. The van der Waals surface area contributed by atoms with Crippen LogP contribution in [0.15, 0.2) is 60.3 Å². The first-order chi connectivity index (χ1) is 12.6. The Bertz CT molecular complexity index is 858. The van der Waals surface area contributed by atoms with Gasteiger partial charge in [-0.05, 0) is 43.2 Å². The van der Waals surface area contributed by atoms with Gasteiger partial charge in [-0.15, -0.1) is 6.42 Å². The first-order valence-electron chi connectivity index (χ1n) is 8.48. The highest BCUT2D eigenvalue weighted by molar-refractivity contribution is 6.26. The van der Waals surface area contributed by atoms with Crippen molar-refractivity contribution >= 4 is 17.4 Å². The van der Waals surface area contributed by atoms with Gasteiger partial charge in [0, 0.05) is 29.6 Å². The van der Waals surface area contributed by atoms with Crippen molar-refractivity contribution in [2.24, 2.45) is 0 Å². The third kappa shape index (κ3) is 4.84. The molecule has 2 aromatic rings. The zero-order valence-electron chi connectivity index (χ0n) is 15.0. The second-order valence-corrected chi connectivity index (χ2v) is 5.82. The summed E-state index contributed by atoms with van der Waals surface area (Å²) in [4.78, 5) is 25.4. The molecular weight excluding hydrogens is 324 g/mol. The number of terminal acetylenes is 1. The number of ketones is 1. The molecule has 0 aliphatic rings. The zero-order valence-corrected chi connectivity index (χ0v) is 15.0. The first-order valence-corrected chi connectivity index (χ1v) is 8.48. The number of carbonyl (C=O) groups is 2. The molecule has 2 aromatic carbocycles. The predicted molar refractivity (Wildman–Crippen MR) is 105 cm³/mol. The molecule has 4 heteroatoms. The molecule has 0 saturated heterocycles. The molecule has 0 atom stereocenters. The Labute approximate surface area is 154 Å². The monoisotopic (exact) mass is 346 g/mol. The van der Waals surface area contributed by atoms with E-state index in [2.05, 4.69) is 16.6 Å². The Kier molecular flexibility index (Phi) is 6.75. The smallest absolute Gasteiger partial charge is 0.256 e. The summed E-state index contributed by atoms with van der Waals surface area (Å²) in [6, 6.07) is 14.4. The van der Waals surface area contributed by atoms with E-state index in [9.17, 15) is 9.59 Å². The van der Waals surface area contributed by atoms with Gasteiger partial charge in [-0.2, -0.15) is 0 Å². The van der Waals surface area contributed by atoms with Crippen molar-refractivity contribution in [2.75, 3.05) is 11.9 Å². The maximum atomic E-state index is 12.9. The number of rotatable bonds is 7. The summed E-state index contributed by atoms with van der Waals surface area (Å²) >= 11 is 0. The molecule has 0 fully saturated rings. The summed E-state index contributed by atoms with van der Waals surface area (Å²) in [5, 5.41) is 5.77. The number of hydrogen-bond acceptors (Lipinski definition) is 3. The minimum Gasteiger partial charge on any atom is -0.361 e.